The Kier molecular flexibility index (Phi) is 5.29. The molecule has 1 heterocycles. The van der Waals surface area contributed by atoms with Gasteiger partial charge in [-0.15, -0.1) is 0 Å². The Morgan fingerprint density at radius 1 is 1.38 bits per heavy atom. The molecule has 1 amide bonds. The summed E-state index contributed by atoms with van der Waals surface area (Å²) in [5.41, 5.74) is 3.69. The predicted molar refractivity (Wildman–Crippen MR) is 81.9 cm³/mol. The molecule has 21 heavy (non-hydrogen) atoms. The average Bonchev–Trinajstić information content (AvgIpc) is 2.51. The molecule has 5 nitrogen and oxygen atoms in total. The monoisotopic (exact) mass is 303 g/mol. The molecule has 1 aromatic heterocycles. The van der Waals surface area contributed by atoms with Gasteiger partial charge in [0.2, 0.25) is 0 Å². The Morgan fingerprint density at radius 3 is 2.81 bits per heavy atom. The third-order valence-electron chi connectivity index (χ3n) is 2.58. The second kappa shape index (κ2) is 7.40. The van der Waals surface area contributed by atoms with Crippen molar-refractivity contribution in [2.45, 2.75) is 6.92 Å². The summed E-state index contributed by atoms with van der Waals surface area (Å²) in [6, 6.07) is 8.50. The smallest absolute Gasteiger partial charge is 0.271 e. The number of nitrogens with one attached hydrogen (secondary N) is 1. The number of carbonyl (C=O) groups excluding carboxylic acids is 1. The number of amides is 1. The first-order valence-corrected chi connectivity index (χ1v) is 6.74. The van der Waals surface area contributed by atoms with Crippen LogP contribution in [0.2, 0.25) is 5.02 Å². The van der Waals surface area contributed by atoms with E-state index in [4.69, 9.17) is 16.3 Å². The molecule has 108 valence electrons. The standard InChI is InChI=1S/C15H14ClN3O2/c1-2-21-14-4-3-11(9-13(14)16)10-18-19-15(20)12-5-7-17-8-6-12/h3-10H,2H2,1H3,(H,19,20)/b18-10-. The number of ether oxygens (including phenoxy) is 1. The van der Waals surface area contributed by atoms with Gasteiger partial charge in [-0.3, -0.25) is 9.78 Å². The predicted octanol–water partition coefficient (Wildman–Crippen LogP) is 2.90. The minimum absolute atomic E-state index is 0.300. The van der Waals surface area contributed by atoms with Crippen molar-refractivity contribution in [2.75, 3.05) is 6.61 Å². The third kappa shape index (κ3) is 4.29. The number of nitrogens with zero attached hydrogens (tertiary/aromatic N) is 2. The molecule has 0 radical (unpaired) electrons. The van der Waals surface area contributed by atoms with Gasteiger partial charge in [-0.1, -0.05) is 11.6 Å². The number of hydrazone groups is 1. The molecule has 0 bridgehead atoms. The number of benzene rings is 1. The molecule has 0 aliphatic heterocycles. The number of aromatic nitrogens is 1. The average molecular weight is 304 g/mol. The van der Waals surface area contributed by atoms with E-state index in [1.54, 1.807) is 42.7 Å². The Balaban J connectivity index is 1.98. The number of halogens is 1. The van der Waals surface area contributed by atoms with Crippen LogP contribution in [0.4, 0.5) is 0 Å². The van der Waals surface area contributed by atoms with E-state index in [1.807, 2.05) is 6.92 Å². The van der Waals surface area contributed by atoms with E-state index in [-0.39, 0.29) is 5.91 Å². The van der Waals surface area contributed by atoms with E-state index >= 15 is 0 Å². The highest BCUT2D eigenvalue weighted by Crippen LogP contribution is 2.24. The molecular formula is C15H14ClN3O2. The highest BCUT2D eigenvalue weighted by Gasteiger charge is 2.03. The van der Waals surface area contributed by atoms with Crippen molar-refractivity contribution >= 4 is 23.7 Å². The second-order valence-electron chi connectivity index (χ2n) is 4.06. The summed E-state index contributed by atoms with van der Waals surface area (Å²) in [4.78, 5) is 15.6. The molecule has 0 fully saturated rings. The normalized spacial score (nSPS) is 10.6. The zero-order valence-electron chi connectivity index (χ0n) is 11.4. The van der Waals surface area contributed by atoms with Gasteiger partial charge in [0, 0.05) is 18.0 Å². The van der Waals surface area contributed by atoms with Crippen LogP contribution in [0.1, 0.15) is 22.8 Å². The molecule has 6 heteroatoms. The maximum atomic E-state index is 11.7. The zero-order valence-corrected chi connectivity index (χ0v) is 12.2. The summed E-state index contributed by atoms with van der Waals surface area (Å²) in [6.07, 6.45) is 4.61. The molecule has 0 spiro atoms. The summed E-state index contributed by atoms with van der Waals surface area (Å²) in [5.74, 6) is 0.322. The lowest BCUT2D eigenvalue weighted by molar-refractivity contribution is 0.0955. The van der Waals surface area contributed by atoms with Gasteiger partial charge in [-0.2, -0.15) is 5.10 Å². The van der Waals surface area contributed by atoms with Crippen molar-refractivity contribution in [1.29, 1.82) is 0 Å². The van der Waals surface area contributed by atoms with Gasteiger partial charge in [-0.25, -0.2) is 5.43 Å². The molecule has 2 rings (SSSR count). The zero-order chi connectivity index (χ0) is 15.1. The number of hydrogen-bond donors (Lipinski definition) is 1. The maximum absolute atomic E-state index is 11.7. The Morgan fingerprint density at radius 2 is 2.14 bits per heavy atom. The van der Waals surface area contributed by atoms with Crippen molar-refractivity contribution in [3.05, 3.63) is 58.9 Å². The van der Waals surface area contributed by atoms with Crippen molar-refractivity contribution < 1.29 is 9.53 Å². The van der Waals surface area contributed by atoms with E-state index in [0.29, 0.717) is 22.9 Å². The molecular weight excluding hydrogens is 290 g/mol. The van der Waals surface area contributed by atoms with Crippen LogP contribution in [-0.2, 0) is 0 Å². The first-order valence-electron chi connectivity index (χ1n) is 6.36. The largest absolute Gasteiger partial charge is 0.492 e. The molecule has 0 atom stereocenters. The van der Waals surface area contributed by atoms with Gasteiger partial charge in [-0.05, 0) is 42.8 Å². The van der Waals surface area contributed by atoms with Gasteiger partial charge in [0.05, 0.1) is 17.8 Å². The second-order valence-corrected chi connectivity index (χ2v) is 4.47. The highest BCUT2D eigenvalue weighted by atomic mass is 35.5. The molecule has 0 aliphatic rings. The van der Waals surface area contributed by atoms with Gasteiger partial charge >= 0.3 is 0 Å². The number of pyridine rings is 1. The number of carbonyl (C=O) groups is 1. The van der Waals surface area contributed by atoms with Crippen LogP contribution in [0.25, 0.3) is 0 Å². The summed E-state index contributed by atoms with van der Waals surface area (Å²) < 4.78 is 5.34. The topological polar surface area (TPSA) is 63.6 Å². The lowest BCUT2D eigenvalue weighted by atomic mass is 10.2. The molecule has 0 saturated heterocycles. The van der Waals surface area contributed by atoms with Crippen LogP contribution in [0.15, 0.2) is 47.8 Å². The SMILES string of the molecule is CCOc1ccc(/C=N\NC(=O)c2ccncc2)cc1Cl. The van der Waals surface area contributed by atoms with Gasteiger partial charge < -0.3 is 4.74 Å². The molecule has 0 saturated carbocycles. The van der Waals surface area contributed by atoms with Gasteiger partial charge in [0.15, 0.2) is 0 Å². The van der Waals surface area contributed by atoms with E-state index in [9.17, 15) is 4.79 Å². The summed E-state index contributed by atoms with van der Waals surface area (Å²) in [6.45, 7) is 2.44. The molecule has 0 unspecified atom stereocenters. The van der Waals surface area contributed by atoms with Crippen molar-refractivity contribution in [1.82, 2.24) is 10.4 Å². The van der Waals surface area contributed by atoms with Crippen LogP contribution >= 0.6 is 11.6 Å². The Labute approximate surface area is 127 Å². The van der Waals surface area contributed by atoms with Crippen LogP contribution in [-0.4, -0.2) is 23.7 Å². The van der Waals surface area contributed by atoms with E-state index in [1.165, 1.54) is 6.21 Å². The van der Waals surface area contributed by atoms with Crippen LogP contribution in [0.5, 0.6) is 5.75 Å². The summed E-state index contributed by atoms with van der Waals surface area (Å²) >= 11 is 6.06. The first kappa shape index (κ1) is 15.0. The van der Waals surface area contributed by atoms with Crippen LogP contribution < -0.4 is 10.2 Å². The fraction of sp³-hybridized carbons (Fsp3) is 0.133. The minimum atomic E-state index is -0.300. The highest BCUT2D eigenvalue weighted by molar-refractivity contribution is 6.32. The van der Waals surface area contributed by atoms with E-state index < -0.39 is 0 Å². The molecule has 2 aromatic rings. The van der Waals surface area contributed by atoms with Gasteiger partial charge in [0.25, 0.3) is 5.91 Å². The molecule has 1 N–H and O–H groups in total. The third-order valence-corrected chi connectivity index (χ3v) is 2.87. The summed E-state index contributed by atoms with van der Waals surface area (Å²) in [5, 5.41) is 4.39. The number of hydrogen-bond acceptors (Lipinski definition) is 4. The van der Waals surface area contributed by atoms with Crippen LogP contribution in [0, 0.1) is 0 Å². The first-order chi connectivity index (χ1) is 10.2. The Hall–Kier alpha value is -2.40. The van der Waals surface area contributed by atoms with Crippen molar-refractivity contribution in [2.24, 2.45) is 5.10 Å². The van der Waals surface area contributed by atoms with E-state index in [0.717, 1.165) is 5.56 Å². The fourth-order valence-electron chi connectivity index (χ4n) is 1.60. The fourth-order valence-corrected chi connectivity index (χ4v) is 1.85. The Bertz CT molecular complexity index is 645. The molecule has 0 aliphatic carbocycles. The quantitative estimate of drug-likeness (QED) is 0.682. The van der Waals surface area contributed by atoms with Gasteiger partial charge in [0.1, 0.15) is 5.75 Å². The lowest BCUT2D eigenvalue weighted by Crippen LogP contribution is -2.17. The van der Waals surface area contributed by atoms with Crippen molar-refractivity contribution in [3.8, 4) is 5.75 Å². The number of rotatable bonds is 5. The van der Waals surface area contributed by atoms with E-state index in [2.05, 4.69) is 15.5 Å². The minimum Gasteiger partial charge on any atom is -0.492 e. The van der Waals surface area contributed by atoms with Crippen LogP contribution in [0.3, 0.4) is 0 Å². The lowest BCUT2D eigenvalue weighted by Gasteiger charge is -2.05. The van der Waals surface area contributed by atoms with Crippen molar-refractivity contribution in [3.63, 3.8) is 0 Å². The maximum Gasteiger partial charge on any atom is 0.271 e. The molecule has 1 aromatic carbocycles. The summed E-state index contributed by atoms with van der Waals surface area (Å²) in [7, 11) is 0.